The van der Waals surface area contributed by atoms with Crippen LogP contribution in [-0.4, -0.2) is 29.5 Å². The molecule has 0 fully saturated rings. The number of pyridine rings is 2. The first-order valence-electron chi connectivity index (χ1n) is 10.4. The molecular weight excluding hydrogens is 388 g/mol. The van der Waals surface area contributed by atoms with Crippen LogP contribution in [0.25, 0.3) is 0 Å². The normalized spacial score (nSPS) is 14.4. The Balaban J connectivity index is 1.49. The highest BCUT2D eigenvalue weighted by Gasteiger charge is 2.27. The molecule has 1 aliphatic heterocycles. The lowest BCUT2D eigenvalue weighted by Gasteiger charge is -2.33. The average Bonchev–Trinajstić information content (AvgIpc) is 2.77. The van der Waals surface area contributed by atoms with Crippen LogP contribution in [0.15, 0.2) is 54.9 Å². The van der Waals surface area contributed by atoms with Crippen molar-refractivity contribution >= 4 is 23.2 Å². The van der Waals surface area contributed by atoms with E-state index < -0.39 is 0 Å². The molecule has 0 radical (unpaired) electrons. The molecule has 1 aliphatic rings. The average molecular weight is 417 g/mol. The molecule has 0 saturated heterocycles. The lowest BCUT2D eigenvalue weighted by molar-refractivity contribution is 0.102. The van der Waals surface area contributed by atoms with Gasteiger partial charge in [0.25, 0.3) is 5.91 Å². The van der Waals surface area contributed by atoms with Crippen molar-refractivity contribution < 1.29 is 4.79 Å². The van der Waals surface area contributed by atoms with Crippen LogP contribution in [0.2, 0.25) is 0 Å². The predicted molar refractivity (Wildman–Crippen MR) is 124 cm³/mol. The molecular formula is C24H28N6O. The first-order valence-corrected chi connectivity index (χ1v) is 10.4. The Morgan fingerprint density at radius 2 is 2.00 bits per heavy atom. The Kier molecular flexibility index (Phi) is 5.86. The zero-order chi connectivity index (χ0) is 21.8. The molecule has 0 unspecified atom stereocenters. The van der Waals surface area contributed by atoms with Gasteiger partial charge < -0.3 is 21.3 Å². The number of aromatic nitrogens is 2. The molecule has 7 nitrogen and oxygen atoms in total. The third-order valence-electron chi connectivity index (χ3n) is 5.57. The Morgan fingerprint density at radius 1 is 1.13 bits per heavy atom. The molecule has 31 heavy (non-hydrogen) atoms. The van der Waals surface area contributed by atoms with Gasteiger partial charge in [0.1, 0.15) is 11.6 Å². The summed E-state index contributed by atoms with van der Waals surface area (Å²) in [6.45, 7) is 6.75. The summed E-state index contributed by atoms with van der Waals surface area (Å²) in [5, 5.41) is 12.8. The summed E-state index contributed by atoms with van der Waals surface area (Å²) in [6, 6.07) is 13.6. The number of anilines is 3. The van der Waals surface area contributed by atoms with Crippen LogP contribution in [-0.2, 0) is 18.5 Å². The van der Waals surface area contributed by atoms with E-state index in [1.807, 2.05) is 25.2 Å². The van der Waals surface area contributed by atoms with Gasteiger partial charge in [0.2, 0.25) is 0 Å². The second-order valence-corrected chi connectivity index (χ2v) is 8.37. The summed E-state index contributed by atoms with van der Waals surface area (Å²) < 4.78 is 0. The van der Waals surface area contributed by atoms with Gasteiger partial charge >= 0.3 is 0 Å². The molecule has 0 spiro atoms. The fourth-order valence-electron chi connectivity index (χ4n) is 3.92. The summed E-state index contributed by atoms with van der Waals surface area (Å²) in [7, 11) is 1.83. The van der Waals surface area contributed by atoms with Crippen molar-refractivity contribution in [2.24, 2.45) is 0 Å². The minimum atomic E-state index is -0.191. The lowest BCUT2D eigenvalue weighted by Crippen LogP contribution is -2.38. The number of nitrogens with zero attached hydrogens (tertiary/aromatic N) is 2. The van der Waals surface area contributed by atoms with Gasteiger partial charge in [-0.25, -0.2) is 9.97 Å². The molecule has 4 N–H and O–H groups in total. The van der Waals surface area contributed by atoms with E-state index in [-0.39, 0.29) is 11.3 Å². The number of carbonyl (C=O) groups excluding carboxylic acids is 1. The Morgan fingerprint density at radius 3 is 2.84 bits per heavy atom. The third kappa shape index (κ3) is 4.67. The molecule has 0 atom stereocenters. The highest BCUT2D eigenvalue weighted by molar-refractivity contribution is 6.07. The molecule has 4 rings (SSSR count). The standard InChI is InChI=1S/C24H28N6O/c1-24(2)15-26-14-17-12-18(6-7-20(17)24)30-23(31)19-5-4-9-28-22(19)29-13-16-8-10-27-21(11-16)25-3/h4-12,26H,13-15H2,1-3H3,(H,25,27)(H,28,29)(H,30,31). The molecule has 0 bridgehead atoms. The largest absolute Gasteiger partial charge is 0.373 e. The highest BCUT2D eigenvalue weighted by Crippen LogP contribution is 2.31. The maximum Gasteiger partial charge on any atom is 0.259 e. The van der Waals surface area contributed by atoms with Gasteiger partial charge in [-0.05, 0) is 53.1 Å². The Hall–Kier alpha value is -3.45. The topological polar surface area (TPSA) is 91.0 Å². The number of amides is 1. The molecule has 2 aromatic heterocycles. The summed E-state index contributed by atoms with van der Waals surface area (Å²) in [5.74, 6) is 1.15. The van der Waals surface area contributed by atoms with Gasteiger partial charge in [-0.3, -0.25) is 4.79 Å². The van der Waals surface area contributed by atoms with Crippen LogP contribution in [0.4, 0.5) is 17.3 Å². The van der Waals surface area contributed by atoms with E-state index in [9.17, 15) is 4.79 Å². The van der Waals surface area contributed by atoms with Crippen molar-refractivity contribution in [1.29, 1.82) is 0 Å². The SMILES string of the molecule is CNc1cc(CNc2ncccc2C(=O)Nc2ccc3c(c2)CNCC3(C)C)ccn1. The fourth-order valence-corrected chi connectivity index (χ4v) is 3.92. The van der Waals surface area contributed by atoms with Crippen LogP contribution in [0, 0.1) is 0 Å². The lowest BCUT2D eigenvalue weighted by atomic mass is 9.79. The Labute approximate surface area is 182 Å². The van der Waals surface area contributed by atoms with Crippen LogP contribution < -0.4 is 21.3 Å². The summed E-state index contributed by atoms with van der Waals surface area (Å²) in [4.78, 5) is 21.6. The van der Waals surface area contributed by atoms with Gasteiger partial charge in [0.15, 0.2) is 0 Å². The number of fused-ring (bicyclic) bond motifs is 1. The Bertz CT molecular complexity index is 1090. The molecule has 3 heterocycles. The number of nitrogens with one attached hydrogen (secondary N) is 4. The smallest absolute Gasteiger partial charge is 0.259 e. The maximum atomic E-state index is 13.0. The van der Waals surface area contributed by atoms with Crippen LogP contribution in [0.5, 0.6) is 0 Å². The zero-order valence-electron chi connectivity index (χ0n) is 18.1. The number of benzene rings is 1. The van der Waals surface area contributed by atoms with Crippen molar-refractivity contribution in [3.05, 3.63) is 77.1 Å². The minimum absolute atomic E-state index is 0.0800. The number of carbonyl (C=O) groups is 1. The van der Waals surface area contributed by atoms with Crippen molar-refractivity contribution in [1.82, 2.24) is 15.3 Å². The quantitative estimate of drug-likeness (QED) is 0.489. The van der Waals surface area contributed by atoms with E-state index in [0.29, 0.717) is 17.9 Å². The molecule has 7 heteroatoms. The van der Waals surface area contributed by atoms with E-state index in [0.717, 1.165) is 30.2 Å². The molecule has 160 valence electrons. The second-order valence-electron chi connectivity index (χ2n) is 8.37. The summed E-state index contributed by atoms with van der Waals surface area (Å²) >= 11 is 0. The summed E-state index contributed by atoms with van der Waals surface area (Å²) in [6.07, 6.45) is 3.43. The second kappa shape index (κ2) is 8.73. The maximum absolute atomic E-state index is 13.0. The van der Waals surface area contributed by atoms with E-state index in [1.165, 1.54) is 11.1 Å². The number of hydrogen-bond donors (Lipinski definition) is 4. The molecule has 1 amide bonds. The van der Waals surface area contributed by atoms with Gasteiger partial charge in [-0.2, -0.15) is 0 Å². The summed E-state index contributed by atoms with van der Waals surface area (Å²) in [5.41, 5.74) is 4.95. The van der Waals surface area contributed by atoms with E-state index >= 15 is 0 Å². The van der Waals surface area contributed by atoms with E-state index in [1.54, 1.807) is 24.5 Å². The molecule has 1 aromatic carbocycles. The monoisotopic (exact) mass is 416 g/mol. The van der Waals surface area contributed by atoms with Gasteiger partial charge in [0.05, 0.1) is 5.56 Å². The van der Waals surface area contributed by atoms with E-state index in [2.05, 4.69) is 57.2 Å². The van der Waals surface area contributed by atoms with Crippen LogP contribution in [0.3, 0.4) is 0 Å². The van der Waals surface area contributed by atoms with Gasteiger partial charge in [0, 0.05) is 50.2 Å². The molecule has 0 aliphatic carbocycles. The molecule has 0 saturated carbocycles. The molecule has 3 aromatic rings. The zero-order valence-corrected chi connectivity index (χ0v) is 18.1. The van der Waals surface area contributed by atoms with Gasteiger partial charge in [-0.1, -0.05) is 19.9 Å². The fraction of sp³-hybridized carbons (Fsp3) is 0.292. The van der Waals surface area contributed by atoms with E-state index in [4.69, 9.17) is 0 Å². The highest BCUT2D eigenvalue weighted by atomic mass is 16.1. The van der Waals surface area contributed by atoms with Crippen LogP contribution in [0.1, 0.15) is 40.9 Å². The van der Waals surface area contributed by atoms with Crippen molar-refractivity contribution in [3.8, 4) is 0 Å². The van der Waals surface area contributed by atoms with Crippen LogP contribution >= 0.6 is 0 Å². The van der Waals surface area contributed by atoms with Crippen molar-refractivity contribution in [2.45, 2.75) is 32.4 Å². The first kappa shape index (κ1) is 20.8. The predicted octanol–water partition coefficient (Wildman–Crippen LogP) is 3.76. The first-order chi connectivity index (χ1) is 15.0. The minimum Gasteiger partial charge on any atom is -0.373 e. The number of hydrogen-bond acceptors (Lipinski definition) is 6. The van der Waals surface area contributed by atoms with Crippen molar-refractivity contribution in [3.63, 3.8) is 0 Å². The van der Waals surface area contributed by atoms with Gasteiger partial charge in [-0.15, -0.1) is 0 Å². The number of rotatable bonds is 6. The van der Waals surface area contributed by atoms with Crippen molar-refractivity contribution in [2.75, 3.05) is 29.5 Å². The third-order valence-corrected chi connectivity index (χ3v) is 5.57.